The van der Waals surface area contributed by atoms with Crippen LogP contribution in [-0.4, -0.2) is 58.2 Å². The zero-order valence-corrected chi connectivity index (χ0v) is 21.5. The molecule has 1 aliphatic heterocycles. The lowest BCUT2D eigenvalue weighted by molar-refractivity contribution is 0.112. The average Bonchev–Trinajstić information content (AvgIpc) is 3.44. The lowest BCUT2D eigenvalue weighted by Gasteiger charge is -2.32. The van der Waals surface area contributed by atoms with Gasteiger partial charge in [0.1, 0.15) is 18.0 Å². The van der Waals surface area contributed by atoms with Crippen LogP contribution in [0.5, 0.6) is 0 Å². The average molecular weight is 507 g/mol. The molecule has 3 aromatic heterocycles. The molecule has 1 fully saturated rings. The predicted molar refractivity (Wildman–Crippen MR) is 138 cm³/mol. The van der Waals surface area contributed by atoms with Gasteiger partial charge in [-0.1, -0.05) is 19.0 Å². The molecule has 0 radical (unpaired) electrons. The van der Waals surface area contributed by atoms with Gasteiger partial charge in [-0.2, -0.15) is 4.98 Å². The minimum Gasteiger partial charge on any atom is -0.385 e. The van der Waals surface area contributed by atoms with Gasteiger partial charge in [-0.3, -0.25) is 9.78 Å². The molecule has 4 heterocycles. The summed E-state index contributed by atoms with van der Waals surface area (Å²) in [5.74, 6) is 2.14. The second-order valence-corrected chi connectivity index (χ2v) is 9.13. The number of hydrogen-bond acceptors (Lipinski definition) is 9. The third kappa shape index (κ3) is 5.96. The normalized spacial score (nSPS) is 14.1. The predicted octanol–water partition coefficient (Wildman–Crippen LogP) is 5.19. The van der Waals surface area contributed by atoms with Gasteiger partial charge in [0.25, 0.3) is 0 Å². The maximum absolute atomic E-state index is 14.6. The summed E-state index contributed by atoms with van der Waals surface area (Å²) in [6, 6.07) is 6.23. The molecule has 10 heteroatoms. The number of ether oxygens (including phenoxy) is 1. The summed E-state index contributed by atoms with van der Waals surface area (Å²) >= 11 is 0. The van der Waals surface area contributed by atoms with E-state index in [0.717, 1.165) is 44.6 Å². The van der Waals surface area contributed by atoms with Gasteiger partial charge in [0.15, 0.2) is 12.1 Å². The first kappa shape index (κ1) is 26.3. The van der Waals surface area contributed by atoms with E-state index in [4.69, 9.17) is 4.52 Å². The van der Waals surface area contributed by atoms with E-state index in [9.17, 15) is 9.18 Å². The first-order valence-corrected chi connectivity index (χ1v) is 12.4. The highest BCUT2D eigenvalue weighted by atomic mass is 19.1. The van der Waals surface area contributed by atoms with Crippen molar-refractivity contribution in [2.45, 2.75) is 45.4 Å². The lowest BCUT2D eigenvalue weighted by atomic mass is 9.95. The number of pyridine rings is 1. The maximum atomic E-state index is 14.6. The van der Waals surface area contributed by atoms with Crippen LogP contribution in [0.15, 0.2) is 41.3 Å². The summed E-state index contributed by atoms with van der Waals surface area (Å²) in [4.78, 5) is 30.9. The molecule has 0 spiro atoms. The largest absolute Gasteiger partial charge is 0.385 e. The molecular formula is C27H31FN6O3. The summed E-state index contributed by atoms with van der Waals surface area (Å²) in [5, 5.41) is 4.80. The molecule has 0 aliphatic carbocycles. The summed E-state index contributed by atoms with van der Waals surface area (Å²) in [5.41, 5.74) is 2.19. The Morgan fingerprint density at radius 1 is 1.19 bits per heavy atom. The van der Waals surface area contributed by atoms with Gasteiger partial charge in [0.05, 0.1) is 11.2 Å². The van der Waals surface area contributed by atoms with E-state index >= 15 is 0 Å². The van der Waals surface area contributed by atoms with Crippen LogP contribution < -0.4 is 4.90 Å². The second-order valence-electron chi connectivity index (χ2n) is 9.13. The van der Waals surface area contributed by atoms with Crippen LogP contribution in [-0.2, 0) is 4.74 Å². The first-order chi connectivity index (χ1) is 17.9. The number of benzene rings is 1. The Kier molecular flexibility index (Phi) is 8.50. The molecule has 0 unspecified atom stereocenters. The fourth-order valence-corrected chi connectivity index (χ4v) is 4.20. The molecule has 4 aromatic rings. The van der Waals surface area contributed by atoms with Crippen molar-refractivity contribution in [1.29, 1.82) is 0 Å². The summed E-state index contributed by atoms with van der Waals surface area (Å²) in [6.07, 6.45) is 5.38. The van der Waals surface area contributed by atoms with Crippen LogP contribution >= 0.6 is 0 Å². The van der Waals surface area contributed by atoms with Crippen LogP contribution in [0.3, 0.4) is 0 Å². The van der Waals surface area contributed by atoms with Crippen molar-refractivity contribution in [2.75, 3.05) is 31.7 Å². The third-order valence-corrected chi connectivity index (χ3v) is 6.28. The van der Waals surface area contributed by atoms with Gasteiger partial charge < -0.3 is 14.2 Å². The van der Waals surface area contributed by atoms with E-state index in [0.29, 0.717) is 39.4 Å². The Morgan fingerprint density at radius 2 is 1.95 bits per heavy atom. The number of rotatable bonds is 6. The zero-order chi connectivity index (χ0) is 26.4. The zero-order valence-electron chi connectivity index (χ0n) is 21.5. The van der Waals surface area contributed by atoms with Gasteiger partial charge in [0, 0.05) is 61.4 Å². The molecule has 1 aromatic carbocycles. The van der Waals surface area contributed by atoms with Gasteiger partial charge in [0.2, 0.25) is 5.89 Å². The third-order valence-electron chi connectivity index (χ3n) is 6.28. The molecule has 0 atom stereocenters. The van der Waals surface area contributed by atoms with Crippen LogP contribution in [0.1, 0.15) is 67.5 Å². The Balaban J connectivity index is 0.000000747. The minimum atomic E-state index is -0.391. The highest BCUT2D eigenvalue weighted by Crippen LogP contribution is 2.35. The van der Waals surface area contributed by atoms with Crippen LogP contribution in [0.2, 0.25) is 0 Å². The molecular weight excluding hydrogens is 475 g/mol. The molecule has 1 saturated heterocycles. The number of carbonyl (C=O) groups is 1. The van der Waals surface area contributed by atoms with Crippen molar-refractivity contribution in [3.8, 4) is 11.3 Å². The van der Waals surface area contributed by atoms with Gasteiger partial charge >= 0.3 is 0 Å². The summed E-state index contributed by atoms with van der Waals surface area (Å²) < 4.78 is 24.6. The topological polar surface area (TPSA) is 107 Å². The number of fused-ring (bicyclic) bond motifs is 1. The maximum Gasteiger partial charge on any atom is 0.229 e. The number of carbonyl (C=O) groups excluding carboxylic acids is 1. The van der Waals surface area contributed by atoms with Crippen LogP contribution in [0, 0.1) is 5.82 Å². The monoisotopic (exact) mass is 506 g/mol. The Morgan fingerprint density at radius 3 is 2.54 bits per heavy atom. The van der Waals surface area contributed by atoms with E-state index in [2.05, 4.69) is 34.7 Å². The molecule has 5 rings (SSSR count). The Hall–Kier alpha value is -3.79. The van der Waals surface area contributed by atoms with Gasteiger partial charge in [-0.25, -0.2) is 14.4 Å². The smallest absolute Gasteiger partial charge is 0.229 e. The fourth-order valence-electron chi connectivity index (χ4n) is 4.20. The van der Waals surface area contributed by atoms with E-state index in [1.54, 1.807) is 19.2 Å². The standard InChI is InChI=1S/C24H23FN6O2.C3H8O/c1-14(2)24-29-22(30-33-24)16-5-7-31(8-6-16)23-19-10-17(25)9-18(21(19)27-13-28-23)20-4-3-15(12-32)11-26-20;1-3-4-2/h3-4,9-14,16H,5-8H2,1-2H3;3H2,1-2H3. The number of halogens is 1. The number of piperidine rings is 1. The molecule has 0 saturated carbocycles. The molecule has 0 N–H and O–H groups in total. The molecule has 0 amide bonds. The van der Waals surface area contributed by atoms with Crippen LogP contribution in [0.4, 0.5) is 10.2 Å². The highest BCUT2D eigenvalue weighted by Gasteiger charge is 2.27. The number of nitrogens with zero attached hydrogens (tertiary/aromatic N) is 6. The van der Waals surface area contributed by atoms with Crippen LogP contribution in [0.25, 0.3) is 22.2 Å². The second kappa shape index (κ2) is 12.0. The van der Waals surface area contributed by atoms with Crippen molar-refractivity contribution in [2.24, 2.45) is 0 Å². The van der Waals surface area contributed by atoms with Gasteiger partial charge in [-0.15, -0.1) is 0 Å². The molecule has 9 nitrogen and oxygen atoms in total. The molecule has 0 bridgehead atoms. The molecule has 37 heavy (non-hydrogen) atoms. The number of hydrogen-bond donors (Lipinski definition) is 0. The number of aromatic nitrogens is 5. The SMILES string of the molecule is CC(C)c1nc(C2CCN(c3ncnc4c(-c5ccc(C=O)cn5)cc(F)cc34)CC2)no1.CCOC. The minimum absolute atomic E-state index is 0.201. The summed E-state index contributed by atoms with van der Waals surface area (Å²) in [6.45, 7) is 8.31. The molecule has 194 valence electrons. The van der Waals surface area contributed by atoms with E-state index in [1.807, 2.05) is 20.8 Å². The van der Waals surface area contributed by atoms with E-state index in [-0.39, 0.29) is 11.8 Å². The van der Waals surface area contributed by atoms with E-state index < -0.39 is 5.82 Å². The highest BCUT2D eigenvalue weighted by molar-refractivity contribution is 5.98. The Bertz CT molecular complexity index is 1330. The quantitative estimate of drug-likeness (QED) is 0.327. The van der Waals surface area contributed by atoms with Gasteiger partial charge in [-0.05, 0) is 44.0 Å². The van der Waals surface area contributed by atoms with Crippen molar-refractivity contribution < 1.29 is 18.4 Å². The van der Waals surface area contributed by atoms with Crippen molar-refractivity contribution in [3.63, 3.8) is 0 Å². The Labute approximate surface area is 215 Å². The van der Waals surface area contributed by atoms with E-state index in [1.165, 1.54) is 24.7 Å². The lowest BCUT2D eigenvalue weighted by Crippen LogP contribution is -2.34. The number of anilines is 1. The van der Waals surface area contributed by atoms with Crippen molar-refractivity contribution in [3.05, 3.63) is 59.9 Å². The number of methoxy groups -OCH3 is 1. The first-order valence-electron chi connectivity index (χ1n) is 12.4. The summed E-state index contributed by atoms with van der Waals surface area (Å²) in [7, 11) is 1.68. The number of aldehydes is 1. The molecule has 1 aliphatic rings. The fraction of sp³-hybridized carbons (Fsp3) is 0.407. The van der Waals surface area contributed by atoms with Crippen molar-refractivity contribution in [1.82, 2.24) is 25.1 Å². The van der Waals surface area contributed by atoms with Crippen molar-refractivity contribution >= 4 is 23.0 Å².